The van der Waals surface area contributed by atoms with E-state index in [-0.39, 0.29) is 5.57 Å². The minimum absolute atomic E-state index is 0.112. The number of rotatable bonds is 3. The number of carboxylic acid groups (broad SMARTS) is 1. The Morgan fingerprint density at radius 1 is 1.20 bits per heavy atom. The summed E-state index contributed by atoms with van der Waals surface area (Å²) < 4.78 is 0. The van der Waals surface area contributed by atoms with Crippen LogP contribution in [0.1, 0.15) is 33.7 Å². The number of hydrogen-bond acceptors (Lipinski definition) is 3. The lowest BCUT2D eigenvalue weighted by atomic mass is 9.90. The number of aliphatic carboxylic acids is 1. The SMILES string of the molecule is C=C(C(=O)O)c1c(C)nc2sc3c(c2c1-c1ccc(C)cc1)CCC3. The summed E-state index contributed by atoms with van der Waals surface area (Å²) >= 11 is 1.75. The molecule has 0 unspecified atom stereocenters. The zero-order chi connectivity index (χ0) is 17.7. The molecule has 0 fully saturated rings. The molecule has 0 bridgehead atoms. The number of fused-ring (bicyclic) bond motifs is 3. The average Bonchev–Trinajstić information content (AvgIpc) is 3.14. The van der Waals surface area contributed by atoms with Crippen LogP contribution in [0.15, 0.2) is 30.8 Å². The summed E-state index contributed by atoms with van der Waals surface area (Å²) in [6, 6.07) is 8.27. The number of hydrogen-bond donors (Lipinski definition) is 1. The van der Waals surface area contributed by atoms with Crippen LogP contribution >= 0.6 is 11.3 Å². The first-order valence-corrected chi connectivity index (χ1v) is 9.23. The first kappa shape index (κ1) is 16.0. The summed E-state index contributed by atoms with van der Waals surface area (Å²) in [5.41, 5.74) is 6.05. The maximum atomic E-state index is 11.7. The monoisotopic (exact) mass is 349 g/mol. The molecule has 0 saturated carbocycles. The van der Waals surface area contributed by atoms with Crippen molar-refractivity contribution in [3.8, 4) is 11.1 Å². The quantitative estimate of drug-likeness (QED) is 0.664. The van der Waals surface area contributed by atoms with Crippen molar-refractivity contribution in [1.29, 1.82) is 0 Å². The summed E-state index contributed by atoms with van der Waals surface area (Å²) in [6.07, 6.45) is 3.30. The molecule has 2 aromatic heterocycles. The molecule has 126 valence electrons. The van der Waals surface area contributed by atoms with Crippen LogP contribution in [0.3, 0.4) is 0 Å². The normalized spacial score (nSPS) is 13.2. The van der Waals surface area contributed by atoms with E-state index in [1.54, 1.807) is 11.3 Å². The zero-order valence-electron chi connectivity index (χ0n) is 14.3. The molecule has 1 aromatic carbocycles. The van der Waals surface area contributed by atoms with E-state index >= 15 is 0 Å². The number of thiophene rings is 1. The first-order valence-electron chi connectivity index (χ1n) is 8.42. The summed E-state index contributed by atoms with van der Waals surface area (Å²) in [5, 5.41) is 10.7. The molecule has 4 rings (SSSR count). The van der Waals surface area contributed by atoms with Crippen molar-refractivity contribution in [3.05, 3.63) is 58.1 Å². The number of carbonyl (C=O) groups is 1. The molecule has 0 aliphatic heterocycles. The van der Waals surface area contributed by atoms with Crippen molar-refractivity contribution in [2.75, 3.05) is 0 Å². The van der Waals surface area contributed by atoms with Gasteiger partial charge in [0.1, 0.15) is 4.83 Å². The number of aromatic nitrogens is 1. The Morgan fingerprint density at radius 3 is 2.60 bits per heavy atom. The molecule has 1 aliphatic rings. The Kier molecular flexibility index (Phi) is 3.73. The van der Waals surface area contributed by atoms with Gasteiger partial charge in [-0.25, -0.2) is 9.78 Å². The minimum atomic E-state index is -0.996. The molecule has 0 saturated heterocycles. The predicted molar refractivity (Wildman–Crippen MR) is 103 cm³/mol. The number of carboxylic acids is 1. The van der Waals surface area contributed by atoms with Crippen LogP contribution in [0.2, 0.25) is 0 Å². The number of pyridine rings is 1. The standard InChI is InChI=1S/C21H19NO2S/c1-11-7-9-14(10-8-11)18-17(12(2)21(23)24)13(3)22-20-19(18)15-5-4-6-16(15)25-20/h7-10H,2,4-6H2,1,3H3,(H,23,24). The molecular weight excluding hydrogens is 330 g/mol. The minimum Gasteiger partial charge on any atom is -0.478 e. The first-order chi connectivity index (χ1) is 12.0. The highest BCUT2D eigenvalue weighted by Gasteiger charge is 2.26. The second kappa shape index (κ2) is 5.81. The maximum Gasteiger partial charge on any atom is 0.335 e. The van der Waals surface area contributed by atoms with Crippen LogP contribution in [0.4, 0.5) is 0 Å². The van der Waals surface area contributed by atoms with E-state index in [4.69, 9.17) is 4.98 Å². The summed E-state index contributed by atoms with van der Waals surface area (Å²) in [4.78, 5) is 18.8. The zero-order valence-corrected chi connectivity index (χ0v) is 15.2. The third-order valence-corrected chi connectivity index (χ3v) is 6.12. The highest BCUT2D eigenvalue weighted by Crippen LogP contribution is 2.45. The number of nitrogens with zero attached hydrogens (tertiary/aromatic N) is 1. The predicted octanol–water partition coefficient (Wildman–Crippen LogP) is 5.17. The Labute approximate surface area is 150 Å². The Balaban J connectivity index is 2.14. The summed E-state index contributed by atoms with van der Waals surface area (Å²) in [5.74, 6) is -0.996. The third-order valence-electron chi connectivity index (χ3n) is 4.93. The van der Waals surface area contributed by atoms with Crippen molar-refractivity contribution >= 4 is 33.1 Å². The maximum absolute atomic E-state index is 11.7. The number of benzene rings is 1. The van der Waals surface area contributed by atoms with Crippen molar-refractivity contribution in [3.63, 3.8) is 0 Å². The van der Waals surface area contributed by atoms with Gasteiger partial charge in [-0.3, -0.25) is 0 Å². The van der Waals surface area contributed by atoms with E-state index in [0.717, 1.165) is 46.3 Å². The largest absolute Gasteiger partial charge is 0.478 e. The Morgan fingerprint density at radius 2 is 1.92 bits per heavy atom. The molecule has 2 heterocycles. The van der Waals surface area contributed by atoms with Crippen molar-refractivity contribution in [2.24, 2.45) is 0 Å². The molecular formula is C21H19NO2S. The van der Waals surface area contributed by atoms with Gasteiger partial charge in [-0.05, 0) is 44.2 Å². The number of aryl methyl sites for hydroxylation is 4. The molecule has 4 heteroatoms. The molecule has 0 radical (unpaired) electrons. The van der Waals surface area contributed by atoms with Gasteiger partial charge in [0, 0.05) is 27.1 Å². The average molecular weight is 349 g/mol. The third kappa shape index (κ3) is 2.48. The van der Waals surface area contributed by atoms with Crippen molar-refractivity contribution in [2.45, 2.75) is 33.1 Å². The molecule has 25 heavy (non-hydrogen) atoms. The smallest absolute Gasteiger partial charge is 0.335 e. The molecule has 0 amide bonds. The van der Waals surface area contributed by atoms with Crippen LogP contribution in [0.5, 0.6) is 0 Å². The van der Waals surface area contributed by atoms with Gasteiger partial charge in [0.25, 0.3) is 0 Å². The van der Waals surface area contributed by atoms with Gasteiger partial charge in [-0.1, -0.05) is 36.4 Å². The second-order valence-electron chi connectivity index (χ2n) is 6.63. The summed E-state index contributed by atoms with van der Waals surface area (Å²) in [7, 11) is 0. The van der Waals surface area contributed by atoms with Crippen molar-refractivity contribution in [1.82, 2.24) is 4.98 Å². The van der Waals surface area contributed by atoms with Crippen LogP contribution in [-0.2, 0) is 17.6 Å². The fourth-order valence-corrected chi connectivity index (χ4v) is 5.04. The van der Waals surface area contributed by atoms with Gasteiger partial charge in [-0.15, -0.1) is 11.3 Å². The lowest BCUT2D eigenvalue weighted by Gasteiger charge is -2.15. The highest BCUT2D eigenvalue weighted by molar-refractivity contribution is 7.19. The van der Waals surface area contributed by atoms with Crippen LogP contribution < -0.4 is 0 Å². The van der Waals surface area contributed by atoms with Gasteiger partial charge in [-0.2, -0.15) is 0 Å². The summed E-state index contributed by atoms with van der Waals surface area (Å²) in [6.45, 7) is 7.77. The van der Waals surface area contributed by atoms with E-state index in [0.29, 0.717) is 5.56 Å². The second-order valence-corrected chi connectivity index (χ2v) is 7.72. The van der Waals surface area contributed by atoms with E-state index in [9.17, 15) is 9.90 Å². The fraction of sp³-hybridized carbons (Fsp3) is 0.238. The topological polar surface area (TPSA) is 50.2 Å². The molecule has 3 aromatic rings. The van der Waals surface area contributed by atoms with Gasteiger partial charge in [0.05, 0.1) is 5.57 Å². The Bertz CT molecular complexity index is 1030. The molecule has 0 atom stereocenters. The van der Waals surface area contributed by atoms with Gasteiger partial charge in [0.15, 0.2) is 0 Å². The van der Waals surface area contributed by atoms with Crippen molar-refractivity contribution < 1.29 is 9.90 Å². The lowest BCUT2D eigenvalue weighted by Crippen LogP contribution is -2.04. The highest BCUT2D eigenvalue weighted by atomic mass is 32.1. The van der Waals surface area contributed by atoms with E-state index in [1.807, 2.05) is 6.92 Å². The van der Waals surface area contributed by atoms with Crippen LogP contribution in [0.25, 0.3) is 26.9 Å². The van der Waals surface area contributed by atoms with Crippen LogP contribution in [0, 0.1) is 13.8 Å². The van der Waals surface area contributed by atoms with Gasteiger partial charge in [0.2, 0.25) is 0 Å². The fourth-order valence-electron chi connectivity index (χ4n) is 3.73. The van der Waals surface area contributed by atoms with Crippen LogP contribution in [-0.4, -0.2) is 16.1 Å². The van der Waals surface area contributed by atoms with Gasteiger partial charge >= 0.3 is 5.97 Å². The van der Waals surface area contributed by atoms with E-state index < -0.39 is 5.97 Å². The van der Waals surface area contributed by atoms with E-state index in [1.165, 1.54) is 16.0 Å². The molecule has 1 N–H and O–H groups in total. The van der Waals surface area contributed by atoms with E-state index in [2.05, 4.69) is 37.8 Å². The molecule has 1 aliphatic carbocycles. The lowest BCUT2D eigenvalue weighted by molar-refractivity contribution is -0.130. The van der Waals surface area contributed by atoms with Gasteiger partial charge < -0.3 is 5.11 Å². The molecule has 0 spiro atoms. The Hall–Kier alpha value is -2.46. The molecule has 3 nitrogen and oxygen atoms in total.